The molecule has 0 bridgehead atoms. The van der Waals surface area contributed by atoms with Gasteiger partial charge in [0.2, 0.25) is 0 Å². The van der Waals surface area contributed by atoms with E-state index >= 15 is 0 Å². The van der Waals surface area contributed by atoms with Crippen molar-refractivity contribution in [2.45, 2.75) is 50.8 Å². The average molecular weight is 231 g/mol. The van der Waals surface area contributed by atoms with E-state index in [1.54, 1.807) is 0 Å². The van der Waals surface area contributed by atoms with Gasteiger partial charge in [0.15, 0.2) is 0 Å². The Morgan fingerprint density at radius 1 is 1.24 bits per heavy atom. The third-order valence-electron chi connectivity index (χ3n) is 4.25. The molecule has 0 radical (unpaired) electrons. The first-order valence-corrected chi connectivity index (χ1v) is 6.83. The summed E-state index contributed by atoms with van der Waals surface area (Å²) in [5.74, 6) is 0. The van der Waals surface area contributed by atoms with Gasteiger partial charge in [-0.25, -0.2) is 0 Å². The van der Waals surface area contributed by atoms with Gasteiger partial charge in [0.1, 0.15) is 0 Å². The van der Waals surface area contributed by atoms with Crippen molar-refractivity contribution < 1.29 is 5.11 Å². The number of hydrogen-bond donors (Lipinski definition) is 1. The Bertz CT molecular complexity index is 400. The summed E-state index contributed by atoms with van der Waals surface area (Å²) in [4.78, 5) is 2.51. The van der Waals surface area contributed by atoms with Crippen molar-refractivity contribution in [3.8, 4) is 0 Å². The molecule has 3 rings (SSSR count). The maximum Gasteiger partial charge on any atom is 0.0948 e. The van der Waals surface area contributed by atoms with Crippen molar-refractivity contribution in [3.05, 3.63) is 35.4 Å². The summed E-state index contributed by atoms with van der Waals surface area (Å²) in [5, 5.41) is 10.6. The lowest BCUT2D eigenvalue weighted by Crippen LogP contribution is -2.43. The average Bonchev–Trinajstić information content (AvgIpc) is 3.18. The van der Waals surface area contributed by atoms with E-state index in [1.165, 1.54) is 18.4 Å². The Morgan fingerprint density at radius 2 is 2.00 bits per heavy atom. The van der Waals surface area contributed by atoms with Crippen molar-refractivity contribution in [1.82, 2.24) is 4.90 Å². The number of benzene rings is 1. The molecule has 1 fully saturated rings. The molecule has 0 aromatic heterocycles. The molecule has 1 aromatic rings. The van der Waals surface area contributed by atoms with Crippen LogP contribution < -0.4 is 0 Å². The predicted molar refractivity (Wildman–Crippen MR) is 68.9 cm³/mol. The first kappa shape index (κ1) is 11.2. The van der Waals surface area contributed by atoms with E-state index in [1.807, 2.05) is 6.07 Å². The third-order valence-corrected chi connectivity index (χ3v) is 4.25. The van der Waals surface area contributed by atoms with E-state index < -0.39 is 0 Å². The summed E-state index contributed by atoms with van der Waals surface area (Å²) >= 11 is 0. The topological polar surface area (TPSA) is 23.5 Å². The largest absolute Gasteiger partial charge is 0.387 e. The number of aliphatic hydroxyl groups excluding tert-OH is 1. The molecule has 0 amide bonds. The van der Waals surface area contributed by atoms with Crippen molar-refractivity contribution in [2.24, 2.45) is 0 Å². The van der Waals surface area contributed by atoms with Crippen LogP contribution in [0.2, 0.25) is 0 Å². The summed E-state index contributed by atoms with van der Waals surface area (Å²) in [6.45, 7) is 3.28. The fraction of sp³-hybridized carbons (Fsp3) is 0.600. The zero-order valence-corrected chi connectivity index (χ0v) is 10.5. The standard InChI is InChI=1S/C15H21NO/c1-2-16(12-8-9-12)14-10-7-11-5-3-4-6-13(11)15(14)17/h3-6,12,14-15,17H,2,7-10H2,1H3. The van der Waals surface area contributed by atoms with E-state index in [2.05, 4.69) is 30.0 Å². The molecule has 1 saturated carbocycles. The number of aliphatic hydroxyl groups is 1. The molecular formula is C15H21NO. The number of rotatable bonds is 3. The molecule has 0 spiro atoms. The number of hydrogen-bond acceptors (Lipinski definition) is 2. The predicted octanol–water partition coefficient (Wildman–Crippen LogP) is 2.52. The molecule has 0 saturated heterocycles. The fourth-order valence-corrected chi connectivity index (χ4v) is 3.24. The van der Waals surface area contributed by atoms with Crippen LogP contribution in [-0.2, 0) is 6.42 Å². The summed E-state index contributed by atoms with van der Waals surface area (Å²) in [7, 11) is 0. The van der Waals surface area contributed by atoms with Crippen LogP contribution in [0.1, 0.15) is 43.4 Å². The molecule has 0 heterocycles. The Hall–Kier alpha value is -0.860. The van der Waals surface area contributed by atoms with Gasteiger partial charge in [-0.05, 0) is 43.4 Å². The molecule has 2 heteroatoms. The fourth-order valence-electron chi connectivity index (χ4n) is 3.24. The second-order valence-corrected chi connectivity index (χ2v) is 5.31. The zero-order chi connectivity index (χ0) is 11.8. The van der Waals surface area contributed by atoms with Crippen molar-refractivity contribution in [2.75, 3.05) is 6.54 Å². The van der Waals surface area contributed by atoms with Gasteiger partial charge in [-0.15, -0.1) is 0 Å². The van der Waals surface area contributed by atoms with Crippen LogP contribution in [-0.4, -0.2) is 28.6 Å². The molecule has 1 aromatic carbocycles. The molecule has 2 atom stereocenters. The van der Waals surface area contributed by atoms with Gasteiger partial charge in [-0.1, -0.05) is 31.2 Å². The maximum atomic E-state index is 10.6. The summed E-state index contributed by atoms with van der Waals surface area (Å²) in [6.07, 6.45) is 4.56. The van der Waals surface area contributed by atoms with E-state index in [0.29, 0.717) is 6.04 Å². The summed E-state index contributed by atoms with van der Waals surface area (Å²) in [6, 6.07) is 9.43. The van der Waals surface area contributed by atoms with Gasteiger partial charge in [0.05, 0.1) is 6.10 Å². The molecule has 2 aliphatic rings. The van der Waals surface area contributed by atoms with Crippen LogP contribution in [0.5, 0.6) is 0 Å². The number of likely N-dealkylation sites (N-methyl/N-ethyl adjacent to an activating group) is 1. The second-order valence-electron chi connectivity index (χ2n) is 5.31. The van der Waals surface area contributed by atoms with Crippen LogP contribution in [0.4, 0.5) is 0 Å². The molecule has 2 unspecified atom stereocenters. The lowest BCUT2D eigenvalue weighted by Gasteiger charge is -2.38. The van der Waals surface area contributed by atoms with Crippen molar-refractivity contribution in [3.63, 3.8) is 0 Å². The molecule has 1 N–H and O–H groups in total. The lowest BCUT2D eigenvalue weighted by molar-refractivity contribution is 0.0340. The number of fused-ring (bicyclic) bond motifs is 1. The Balaban J connectivity index is 1.85. The molecule has 0 aliphatic heterocycles. The van der Waals surface area contributed by atoms with Gasteiger partial charge in [0, 0.05) is 12.1 Å². The monoisotopic (exact) mass is 231 g/mol. The highest BCUT2D eigenvalue weighted by molar-refractivity contribution is 5.32. The molecule has 2 aliphatic carbocycles. The molecule has 2 nitrogen and oxygen atoms in total. The summed E-state index contributed by atoms with van der Waals surface area (Å²) < 4.78 is 0. The number of aryl methyl sites for hydroxylation is 1. The minimum absolute atomic E-state index is 0.291. The first-order valence-electron chi connectivity index (χ1n) is 6.83. The van der Waals surface area contributed by atoms with E-state index in [9.17, 15) is 5.11 Å². The van der Waals surface area contributed by atoms with Gasteiger partial charge in [-0.2, -0.15) is 0 Å². The van der Waals surface area contributed by atoms with Gasteiger partial charge in [0.25, 0.3) is 0 Å². The Morgan fingerprint density at radius 3 is 2.71 bits per heavy atom. The van der Waals surface area contributed by atoms with Crippen LogP contribution in [0.3, 0.4) is 0 Å². The lowest BCUT2D eigenvalue weighted by atomic mass is 9.85. The second kappa shape index (κ2) is 4.43. The van der Waals surface area contributed by atoms with Crippen LogP contribution >= 0.6 is 0 Å². The highest BCUT2D eigenvalue weighted by Gasteiger charge is 2.38. The molecule has 17 heavy (non-hydrogen) atoms. The quantitative estimate of drug-likeness (QED) is 0.864. The highest BCUT2D eigenvalue weighted by atomic mass is 16.3. The SMILES string of the molecule is CCN(C1CC1)C1CCc2ccccc2C1O. The summed E-state index contributed by atoms with van der Waals surface area (Å²) in [5.41, 5.74) is 2.49. The van der Waals surface area contributed by atoms with Gasteiger partial charge >= 0.3 is 0 Å². The van der Waals surface area contributed by atoms with Gasteiger partial charge in [-0.3, -0.25) is 4.90 Å². The zero-order valence-electron chi connectivity index (χ0n) is 10.5. The maximum absolute atomic E-state index is 10.6. The normalized spacial score (nSPS) is 28.2. The first-order chi connectivity index (χ1) is 8.31. The smallest absolute Gasteiger partial charge is 0.0948 e. The number of nitrogens with zero attached hydrogens (tertiary/aromatic N) is 1. The van der Waals surface area contributed by atoms with Gasteiger partial charge < -0.3 is 5.11 Å². The third kappa shape index (κ3) is 2.00. The Labute approximate surface area is 103 Å². The van der Waals surface area contributed by atoms with Crippen LogP contribution in [0.15, 0.2) is 24.3 Å². The minimum Gasteiger partial charge on any atom is -0.387 e. The van der Waals surface area contributed by atoms with Crippen LogP contribution in [0, 0.1) is 0 Å². The van der Waals surface area contributed by atoms with E-state index in [0.717, 1.165) is 31.0 Å². The van der Waals surface area contributed by atoms with E-state index in [4.69, 9.17) is 0 Å². The highest BCUT2D eigenvalue weighted by Crippen LogP contribution is 2.38. The van der Waals surface area contributed by atoms with Crippen LogP contribution in [0.25, 0.3) is 0 Å². The van der Waals surface area contributed by atoms with Crippen molar-refractivity contribution >= 4 is 0 Å². The molecule has 92 valence electrons. The molecular weight excluding hydrogens is 210 g/mol. The Kier molecular flexibility index (Phi) is 2.93. The minimum atomic E-state index is -0.291. The van der Waals surface area contributed by atoms with Crippen molar-refractivity contribution in [1.29, 1.82) is 0 Å². The van der Waals surface area contributed by atoms with E-state index in [-0.39, 0.29) is 6.10 Å².